The molecule has 1 aromatic heterocycles. The van der Waals surface area contributed by atoms with Crippen LogP contribution in [0.4, 0.5) is 4.79 Å². The molecule has 2 amide bonds. The van der Waals surface area contributed by atoms with Crippen LogP contribution in [0.2, 0.25) is 0 Å². The summed E-state index contributed by atoms with van der Waals surface area (Å²) in [5.74, 6) is 0.886. The number of hydrogen-bond donors (Lipinski definition) is 1. The standard InChI is InChI=1S/C31H35N3O4/c1-30(2,3)26-16-20(18-33(26)29(36)37)19-34-27(32-31(28(34)35)13-4-5-14-31)22-8-6-21(7-9-22)23-10-11-25-24(17-23)12-15-38-25/h6-12,15,17,20,26H,4-5,13-14,16,18-19H2,1-3H3,(H,36,37). The van der Waals surface area contributed by atoms with Gasteiger partial charge in [0.1, 0.15) is 17.0 Å². The van der Waals surface area contributed by atoms with Crippen LogP contribution in [-0.4, -0.2) is 57.4 Å². The largest absolute Gasteiger partial charge is 0.465 e. The molecule has 3 heterocycles. The van der Waals surface area contributed by atoms with Crippen LogP contribution in [0.3, 0.4) is 0 Å². The summed E-state index contributed by atoms with van der Waals surface area (Å²) in [4.78, 5) is 34.4. The molecule has 1 N–H and O–H groups in total. The van der Waals surface area contributed by atoms with Crippen LogP contribution >= 0.6 is 0 Å². The Bertz CT molecular complexity index is 1410. The summed E-state index contributed by atoms with van der Waals surface area (Å²) in [7, 11) is 0. The van der Waals surface area contributed by atoms with Gasteiger partial charge in [-0.25, -0.2) is 4.79 Å². The van der Waals surface area contributed by atoms with Gasteiger partial charge in [-0.2, -0.15) is 0 Å². The van der Waals surface area contributed by atoms with Gasteiger partial charge in [-0.1, -0.05) is 63.9 Å². The minimum Gasteiger partial charge on any atom is -0.465 e. The lowest BCUT2D eigenvalue weighted by molar-refractivity contribution is -0.131. The Hall–Kier alpha value is -3.61. The second kappa shape index (κ2) is 9.00. The third kappa shape index (κ3) is 4.18. The number of nitrogens with zero attached hydrogens (tertiary/aromatic N) is 3. The Morgan fingerprint density at radius 1 is 1.05 bits per heavy atom. The summed E-state index contributed by atoms with van der Waals surface area (Å²) < 4.78 is 5.47. The lowest BCUT2D eigenvalue weighted by atomic mass is 9.83. The molecule has 3 aromatic rings. The zero-order chi connectivity index (χ0) is 26.7. The first kappa shape index (κ1) is 24.7. The number of amidine groups is 1. The normalized spacial score (nSPS) is 23.1. The van der Waals surface area contributed by atoms with Gasteiger partial charge >= 0.3 is 6.09 Å². The van der Waals surface area contributed by atoms with Crippen LogP contribution < -0.4 is 0 Å². The lowest BCUT2D eigenvalue weighted by Gasteiger charge is -2.33. The highest BCUT2D eigenvalue weighted by atomic mass is 16.4. The Kier molecular flexibility index (Phi) is 5.85. The molecule has 1 spiro atoms. The number of likely N-dealkylation sites (tertiary alicyclic amines) is 1. The van der Waals surface area contributed by atoms with Crippen LogP contribution in [0.25, 0.3) is 22.1 Å². The van der Waals surface area contributed by atoms with E-state index in [4.69, 9.17) is 9.41 Å². The molecule has 2 atom stereocenters. The second-order valence-corrected chi connectivity index (χ2v) is 12.3. The summed E-state index contributed by atoms with van der Waals surface area (Å²) in [6.45, 7) is 7.20. The zero-order valence-electron chi connectivity index (χ0n) is 22.3. The van der Waals surface area contributed by atoms with Crippen LogP contribution in [-0.2, 0) is 4.79 Å². The Morgan fingerprint density at radius 3 is 2.39 bits per heavy atom. The average Bonchev–Trinajstić information content (AvgIpc) is 3.68. The number of carboxylic acid groups (broad SMARTS) is 1. The van der Waals surface area contributed by atoms with E-state index in [1.807, 2.05) is 17.0 Å². The number of carbonyl (C=O) groups is 2. The zero-order valence-corrected chi connectivity index (χ0v) is 22.3. The van der Waals surface area contributed by atoms with E-state index in [0.717, 1.165) is 65.6 Å². The van der Waals surface area contributed by atoms with E-state index in [0.29, 0.717) is 13.1 Å². The summed E-state index contributed by atoms with van der Waals surface area (Å²) in [5.41, 5.74) is 3.16. The topological polar surface area (TPSA) is 86.4 Å². The molecule has 2 fully saturated rings. The van der Waals surface area contributed by atoms with E-state index in [-0.39, 0.29) is 23.3 Å². The van der Waals surface area contributed by atoms with Crippen molar-refractivity contribution < 1.29 is 19.1 Å². The van der Waals surface area contributed by atoms with Gasteiger partial charge in [0.25, 0.3) is 5.91 Å². The van der Waals surface area contributed by atoms with E-state index in [2.05, 4.69) is 57.2 Å². The van der Waals surface area contributed by atoms with Gasteiger partial charge in [0.15, 0.2) is 0 Å². The van der Waals surface area contributed by atoms with Crippen molar-refractivity contribution in [2.45, 2.75) is 64.5 Å². The Morgan fingerprint density at radius 2 is 1.74 bits per heavy atom. The molecule has 0 radical (unpaired) electrons. The summed E-state index contributed by atoms with van der Waals surface area (Å²) >= 11 is 0. The van der Waals surface area contributed by atoms with Crippen molar-refractivity contribution in [1.29, 1.82) is 0 Å². The highest BCUT2D eigenvalue weighted by Crippen LogP contribution is 2.42. The quantitative estimate of drug-likeness (QED) is 0.436. The van der Waals surface area contributed by atoms with Crippen LogP contribution in [0, 0.1) is 11.3 Å². The van der Waals surface area contributed by atoms with Gasteiger partial charge in [-0.15, -0.1) is 0 Å². The van der Waals surface area contributed by atoms with Gasteiger partial charge < -0.3 is 14.4 Å². The molecule has 2 aromatic carbocycles. The number of rotatable bonds is 4. The molecule has 6 rings (SSSR count). The third-order valence-corrected chi connectivity index (χ3v) is 8.65. The fourth-order valence-corrected chi connectivity index (χ4v) is 6.64. The fourth-order valence-electron chi connectivity index (χ4n) is 6.64. The molecule has 2 unspecified atom stereocenters. The monoisotopic (exact) mass is 513 g/mol. The van der Waals surface area contributed by atoms with Gasteiger partial charge in [0.05, 0.1) is 6.26 Å². The van der Waals surface area contributed by atoms with E-state index < -0.39 is 11.6 Å². The first-order valence-corrected chi connectivity index (χ1v) is 13.6. The van der Waals surface area contributed by atoms with Crippen LogP contribution in [0.1, 0.15) is 58.4 Å². The molecular formula is C31H35N3O4. The maximum absolute atomic E-state index is 13.9. The van der Waals surface area contributed by atoms with Gasteiger partial charge in [0.2, 0.25) is 0 Å². The third-order valence-electron chi connectivity index (χ3n) is 8.65. The van der Waals surface area contributed by atoms with Crippen LogP contribution in [0.15, 0.2) is 64.2 Å². The lowest BCUT2D eigenvalue weighted by Crippen LogP contribution is -2.44. The van der Waals surface area contributed by atoms with Crippen molar-refractivity contribution in [2.75, 3.05) is 13.1 Å². The minimum atomic E-state index is -0.884. The molecule has 2 aliphatic heterocycles. The highest BCUT2D eigenvalue weighted by Gasteiger charge is 2.51. The average molecular weight is 514 g/mol. The smallest absolute Gasteiger partial charge is 0.407 e. The first-order chi connectivity index (χ1) is 18.1. The predicted octanol–water partition coefficient (Wildman–Crippen LogP) is 6.42. The van der Waals surface area contributed by atoms with Crippen molar-refractivity contribution >= 4 is 28.8 Å². The van der Waals surface area contributed by atoms with Crippen molar-refractivity contribution in [3.63, 3.8) is 0 Å². The summed E-state index contributed by atoms with van der Waals surface area (Å²) in [6.07, 6.45) is 5.14. The molecule has 7 nitrogen and oxygen atoms in total. The minimum absolute atomic E-state index is 0.0713. The van der Waals surface area contributed by atoms with E-state index in [1.54, 1.807) is 11.2 Å². The maximum atomic E-state index is 13.9. The second-order valence-electron chi connectivity index (χ2n) is 12.3. The van der Waals surface area contributed by atoms with Crippen molar-refractivity contribution in [3.05, 3.63) is 60.4 Å². The number of benzene rings is 2. The number of carbonyl (C=O) groups excluding carboxylic acids is 1. The molecule has 1 aliphatic carbocycles. The molecule has 38 heavy (non-hydrogen) atoms. The van der Waals surface area contributed by atoms with Gasteiger partial charge in [0, 0.05) is 30.1 Å². The Labute approximate surface area is 223 Å². The number of aliphatic imine (C=N–C) groups is 1. The molecule has 1 saturated carbocycles. The summed E-state index contributed by atoms with van der Waals surface area (Å²) in [6, 6.07) is 16.3. The van der Waals surface area contributed by atoms with Crippen LogP contribution in [0.5, 0.6) is 0 Å². The number of furan rings is 1. The van der Waals surface area contributed by atoms with Gasteiger partial charge in [-0.05, 0) is 59.9 Å². The molecule has 198 valence electrons. The van der Waals surface area contributed by atoms with Crippen molar-refractivity contribution in [1.82, 2.24) is 9.80 Å². The maximum Gasteiger partial charge on any atom is 0.407 e. The van der Waals surface area contributed by atoms with E-state index >= 15 is 0 Å². The number of amides is 2. The molecule has 1 saturated heterocycles. The van der Waals surface area contributed by atoms with E-state index in [9.17, 15) is 14.7 Å². The van der Waals surface area contributed by atoms with Crippen molar-refractivity contribution in [2.24, 2.45) is 16.3 Å². The summed E-state index contributed by atoms with van der Waals surface area (Å²) in [5, 5.41) is 10.9. The molecule has 0 bridgehead atoms. The Balaban J connectivity index is 1.29. The molecular weight excluding hydrogens is 478 g/mol. The molecule has 3 aliphatic rings. The first-order valence-electron chi connectivity index (χ1n) is 13.6. The number of fused-ring (bicyclic) bond motifs is 1. The van der Waals surface area contributed by atoms with Gasteiger partial charge in [-0.3, -0.25) is 14.7 Å². The number of hydrogen-bond acceptors (Lipinski definition) is 4. The SMILES string of the molecule is CC(C)(C)C1CC(CN2C(=O)C3(CCCC3)N=C2c2ccc(-c3ccc4occc4c3)cc2)CN1C(=O)O. The van der Waals surface area contributed by atoms with Crippen molar-refractivity contribution in [3.8, 4) is 11.1 Å². The molecule has 7 heteroatoms. The predicted molar refractivity (Wildman–Crippen MR) is 147 cm³/mol. The van der Waals surface area contributed by atoms with E-state index in [1.165, 1.54) is 0 Å². The fraction of sp³-hybridized carbons (Fsp3) is 0.452. The highest BCUT2D eigenvalue weighted by molar-refractivity contribution is 6.15.